The van der Waals surface area contributed by atoms with Crippen LogP contribution in [0.1, 0.15) is 34.1 Å². The van der Waals surface area contributed by atoms with Crippen LogP contribution in [0.2, 0.25) is 5.02 Å². The lowest BCUT2D eigenvalue weighted by molar-refractivity contribution is 0.0696. The van der Waals surface area contributed by atoms with Gasteiger partial charge in [0.05, 0.1) is 17.8 Å². The number of benzene rings is 2. The third kappa shape index (κ3) is 5.82. The summed E-state index contributed by atoms with van der Waals surface area (Å²) in [5.41, 5.74) is 2.07. The summed E-state index contributed by atoms with van der Waals surface area (Å²) in [5, 5.41) is 10.9. The maximum absolute atomic E-state index is 14.1. The smallest absolute Gasteiger partial charge is 0.335 e. The molecule has 1 N–H and O–H groups in total. The molecule has 7 nitrogen and oxygen atoms in total. The highest BCUT2D eigenvalue weighted by molar-refractivity contribution is 7.94. The Morgan fingerprint density at radius 1 is 1.27 bits per heavy atom. The van der Waals surface area contributed by atoms with Crippen LogP contribution < -0.4 is 9.04 Å². The number of ether oxygens (including phenoxy) is 1. The first-order valence-corrected chi connectivity index (χ1v) is 12.5. The highest BCUT2D eigenvalue weighted by atomic mass is 35.5. The van der Waals surface area contributed by atoms with Crippen molar-refractivity contribution in [1.29, 1.82) is 0 Å². The van der Waals surface area contributed by atoms with Gasteiger partial charge in [0.1, 0.15) is 18.5 Å². The molecule has 1 heterocycles. The molecule has 0 aliphatic carbocycles. The molecule has 0 saturated carbocycles. The van der Waals surface area contributed by atoms with E-state index in [-0.39, 0.29) is 27.9 Å². The predicted molar refractivity (Wildman–Crippen MR) is 126 cm³/mol. The second-order valence-corrected chi connectivity index (χ2v) is 10.7. The molecule has 2 aromatic carbocycles. The second kappa shape index (κ2) is 10.1. The number of aryl methyl sites for hydroxylation is 2. The molecule has 1 atom stereocenters. The molecule has 0 amide bonds. The second-order valence-electron chi connectivity index (χ2n) is 7.43. The Morgan fingerprint density at radius 2 is 1.94 bits per heavy atom. The zero-order chi connectivity index (χ0) is 24.3. The van der Waals surface area contributed by atoms with Gasteiger partial charge >= 0.3 is 5.97 Å². The summed E-state index contributed by atoms with van der Waals surface area (Å²) in [6.07, 6.45) is -1.47. The predicted octanol–water partition coefficient (Wildman–Crippen LogP) is 5.24. The molecule has 0 fully saturated rings. The average molecular weight is 513 g/mol. The van der Waals surface area contributed by atoms with Gasteiger partial charge in [0.25, 0.3) is 10.0 Å². The summed E-state index contributed by atoms with van der Waals surface area (Å²) in [7, 11) is -4.18. The maximum atomic E-state index is 14.1. The number of aromatic nitrogens is 1. The summed E-state index contributed by atoms with van der Waals surface area (Å²) < 4.78 is 47.5. The van der Waals surface area contributed by atoms with Crippen LogP contribution in [0.3, 0.4) is 0 Å². The van der Waals surface area contributed by atoms with Gasteiger partial charge in [-0.2, -0.15) is 8.42 Å². The lowest BCUT2D eigenvalue weighted by Crippen LogP contribution is -2.36. The van der Waals surface area contributed by atoms with Crippen molar-refractivity contribution in [2.24, 2.45) is 0 Å². The standard InChI is InChI=1S/C22H22ClFN2O5S2/c1-13-8-20(31-11-16-4-6-17(7-5-16)21(27)28)19(9-18(13)23)26(10-14(2)24)33(29,30)22-25-15(3)12-32-22/h4-9,12,14H,10-11H2,1-3H3,(H,27,28). The molecular weight excluding hydrogens is 491 g/mol. The first-order valence-electron chi connectivity index (χ1n) is 9.83. The van der Waals surface area contributed by atoms with Gasteiger partial charge < -0.3 is 9.84 Å². The summed E-state index contributed by atoms with van der Waals surface area (Å²) in [4.78, 5) is 15.1. The van der Waals surface area contributed by atoms with Crippen LogP contribution in [-0.2, 0) is 16.6 Å². The molecule has 0 aliphatic rings. The van der Waals surface area contributed by atoms with E-state index in [0.29, 0.717) is 21.8 Å². The van der Waals surface area contributed by atoms with Crippen molar-refractivity contribution >= 4 is 44.6 Å². The van der Waals surface area contributed by atoms with Crippen molar-refractivity contribution in [3.05, 3.63) is 69.2 Å². The number of hydrogen-bond acceptors (Lipinski definition) is 6. The minimum absolute atomic E-state index is 0.0311. The number of anilines is 1. The summed E-state index contributed by atoms with van der Waals surface area (Å²) >= 11 is 7.24. The molecule has 176 valence electrons. The summed E-state index contributed by atoms with van der Waals surface area (Å²) in [6, 6.07) is 9.11. The third-order valence-corrected chi connectivity index (χ3v) is 8.17. The lowest BCUT2D eigenvalue weighted by Gasteiger charge is -2.26. The Morgan fingerprint density at radius 3 is 2.48 bits per heavy atom. The van der Waals surface area contributed by atoms with Gasteiger partial charge in [-0.15, -0.1) is 11.3 Å². The number of alkyl halides is 1. The van der Waals surface area contributed by atoms with Crippen LogP contribution in [-0.4, -0.2) is 37.2 Å². The average Bonchev–Trinajstić information content (AvgIpc) is 3.20. The van der Waals surface area contributed by atoms with E-state index >= 15 is 0 Å². The molecule has 1 aromatic heterocycles. The molecule has 11 heteroatoms. The SMILES string of the molecule is Cc1csc(S(=O)(=O)N(CC(C)F)c2cc(Cl)c(C)cc2OCc2ccc(C(=O)O)cc2)n1. The van der Waals surface area contributed by atoms with Gasteiger partial charge in [0, 0.05) is 16.1 Å². The van der Waals surface area contributed by atoms with E-state index in [9.17, 15) is 17.6 Å². The van der Waals surface area contributed by atoms with Crippen molar-refractivity contribution in [3.63, 3.8) is 0 Å². The normalized spacial score (nSPS) is 12.4. The van der Waals surface area contributed by atoms with Gasteiger partial charge in [0.15, 0.2) is 0 Å². The number of carboxylic acids is 1. The highest BCUT2D eigenvalue weighted by Gasteiger charge is 2.32. The number of halogens is 2. The van der Waals surface area contributed by atoms with Crippen molar-refractivity contribution in [2.75, 3.05) is 10.8 Å². The zero-order valence-electron chi connectivity index (χ0n) is 18.1. The van der Waals surface area contributed by atoms with Gasteiger partial charge in [-0.05, 0) is 56.2 Å². The first-order chi connectivity index (χ1) is 15.5. The van der Waals surface area contributed by atoms with E-state index in [1.54, 1.807) is 37.4 Å². The van der Waals surface area contributed by atoms with E-state index in [0.717, 1.165) is 15.6 Å². The fourth-order valence-electron chi connectivity index (χ4n) is 2.96. The number of rotatable bonds is 9. The zero-order valence-corrected chi connectivity index (χ0v) is 20.5. The van der Waals surface area contributed by atoms with Crippen LogP contribution in [0.5, 0.6) is 5.75 Å². The molecule has 0 radical (unpaired) electrons. The molecule has 0 saturated heterocycles. The lowest BCUT2D eigenvalue weighted by atomic mass is 10.1. The molecule has 0 bridgehead atoms. The van der Waals surface area contributed by atoms with Crippen LogP contribution >= 0.6 is 22.9 Å². The summed E-state index contributed by atoms with van der Waals surface area (Å²) in [6.45, 7) is 4.25. The maximum Gasteiger partial charge on any atom is 0.335 e. The Hall–Kier alpha value is -2.69. The fourth-order valence-corrected chi connectivity index (χ4v) is 5.79. The number of thiazole rings is 1. The number of sulfonamides is 1. The number of hydrogen-bond donors (Lipinski definition) is 1. The quantitative estimate of drug-likeness (QED) is 0.421. The van der Waals surface area contributed by atoms with Gasteiger partial charge in [0.2, 0.25) is 4.34 Å². The van der Waals surface area contributed by atoms with E-state index in [2.05, 4.69) is 4.98 Å². The molecule has 3 rings (SSSR count). The topological polar surface area (TPSA) is 96.8 Å². The monoisotopic (exact) mass is 512 g/mol. The largest absolute Gasteiger partial charge is 0.487 e. The van der Waals surface area contributed by atoms with Crippen LogP contribution in [0.25, 0.3) is 0 Å². The minimum Gasteiger partial charge on any atom is -0.487 e. The Bertz CT molecular complexity index is 1260. The van der Waals surface area contributed by atoms with Crippen molar-refractivity contribution in [1.82, 2.24) is 4.98 Å². The van der Waals surface area contributed by atoms with E-state index in [1.807, 2.05) is 0 Å². The highest BCUT2D eigenvalue weighted by Crippen LogP contribution is 2.38. The van der Waals surface area contributed by atoms with Crippen molar-refractivity contribution in [2.45, 2.75) is 37.9 Å². The number of aromatic carboxylic acids is 1. The minimum atomic E-state index is -4.18. The third-order valence-electron chi connectivity index (χ3n) is 4.63. The van der Waals surface area contributed by atoms with Crippen molar-refractivity contribution < 1.29 is 27.4 Å². The molecule has 0 spiro atoms. The van der Waals surface area contributed by atoms with E-state index in [1.165, 1.54) is 25.1 Å². The Balaban J connectivity index is 2.01. The number of carboxylic acid groups (broad SMARTS) is 1. The molecular formula is C22H22ClFN2O5S2. The molecule has 33 heavy (non-hydrogen) atoms. The Labute approximate surface area is 200 Å². The Kier molecular flexibility index (Phi) is 7.61. The number of nitrogens with zero attached hydrogens (tertiary/aromatic N) is 2. The van der Waals surface area contributed by atoms with Crippen LogP contribution in [0, 0.1) is 13.8 Å². The molecule has 1 unspecified atom stereocenters. The fraction of sp³-hybridized carbons (Fsp3) is 0.273. The van der Waals surface area contributed by atoms with Crippen LogP contribution in [0.15, 0.2) is 46.1 Å². The van der Waals surface area contributed by atoms with Crippen molar-refractivity contribution in [3.8, 4) is 5.75 Å². The van der Waals surface area contributed by atoms with Gasteiger partial charge in [-0.3, -0.25) is 4.31 Å². The first kappa shape index (κ1) is 24.9. The van der Waals surface area contributed by atoms with Crippen LogP contribution in [0.4, 0.5) is 10.1 Å². The molecule has 3 aromatic rings. The van der Waals surface area contributed by atoms with E-state index < -0.39 is 28.7 Å². The summed E-state index contributed by atoms with van der Waals surface area (Å²) in [5.74, 6) is -0.853. The van der Waals surface area contributed by atoms with Gasteiger partial charge in [-0.25, -0.2) is 14.2 Å². The van der Waals surface area contributed by atoms with E-state index in [4.69, 9.17) is 21.4 Å². The molecule has 0 aliphatic heterocycles. The number of carbonyl (C=O) groups is 1. The van der Waals surface area contributed by atoms with Gasteiger partial charge in [-0.1, -0.05) is 23.7 Å².